The van der Waals surface area contributed by atoms with Gasteiger partial charge in [0.1, 0.15) is 12.1 Å². The molecule has 0 aliphatic rings. The smallest absolute Gasteiger partial charge is 0.358 e. The summed E-state index contributed by atoms with van der Waals surface area (Å²) in [7, 11) is 1.31. The molecule has 118 valence electrons. The third-order valence-corrected chi connectivity index (χ3v) is 3.19. The minimum absolute atomic E-state index is 0.185. The fourth-order valence-electron chi connectivity index (χ4n) is 1.94. The van der Waals surface area contributed by atoms with E-state index in [0.717, 1.165) is 5.56 Å². The molecule has 0 spiro atoms. The van der Waals surface area contributed by atoms with E-state index in [9.17, 15) is 4.79 Å². The Kier molecular flexibility index (Phi) is 3.88. The summed E-state index contributed by atoms with van der Waals surface area (Å²) in [6.07, 6.45) is 4.67. The van der Waals surface area contributed by atoms with E-state index in [4.69, 9.17) is 4.52 Å². The highest BCUT2D eigenvalue weighted by Gasteiger charge is 2.14. The number of aromatic nitrogens is 5. The van der Waals surface area contributed by atoms with Crippen LogP contribution in [0.3, 0.4) is 0 Å². The summed E-state index contributed by atoms with van der Waals surface area (Å²) < 4.78 is 11.5. The van der Waals surface area contributed by atoms with Gasteiger partial charge in [0.2, 0.25) is 0 Å². The quantitative estimate of drug-likeness (QED) is 0.681. The lowest BCUT2D eigenvalue weighted by Gasteiger charge is -2.01. The van der Waals surface area contributed by atoms with Gasteiger partial charge in [-0.1, -0.05) is 19.0 Å². The van der Waals surface area contributed by atoms with Gasteiger partial charge in [0.25, 0.3) is 5.89 Å². The number of methoxy groups -OCH3 is 1. The zero-order valence-electron chi connectivity index (χ0n) is 12.9. The predicted molar refractivity (Wildman–Crippen MR) is 80.1 cm³/mol. The Morgan fingerprint density at radius 3 is 2.87 bits per heavy atom. The molecule has 0 fully saturated rings. The van der Waals surface area contributed by atoms with E-state index < -0.39 is 5.97 Å². The lowest BCUT2D eigenvalue weighted by molar-refractivity contribution is 0.0594. The normalized spacial score (nSPS) is 11.0. The second-order valence-corrected chi connectivity index (χ2v) is 5.17. The number of rotatable bonds is 4. The second-order valence-electron chi connectivity index (χ2n) is 5.17. The lowest BCUT2D eigenvalue weighted by atomic mass is 10.2. The second kappa shape index (κ2) is 5.99. The Balaban J connectivity index is 1.93. The molecule has 0 radical (unpaired) electrons. The number of ether oxygens (including phenoxy) is 1. The first-order valence-electron chi connectivity index (χ1n) is 7.01. The molecule has 0 unspecified atom stereocenters. The van der Waals surface area contributed by atoms with E-state index in [-0.39, 0.29) is 11.6 Å². The number of carbonyl (C=O) groups excluding carboxylic acids is 1. The van der Waals surface area contributed by atoms with Crippen molar-refractivity contribution < 1.29 is 14.1 Å². The molecule has 8 nitrogen and oxygen atoms in total. The van der Waals surface area contributed by atoms with Gasteiger partial charge in [-0.3, -0.25) is 4.57 Å². The molecule has 0 atom stereocenters. The minimum Gasteiger partial charge on any atom is -0.464 e. The highest BCUT2D eigenvalue weighted by molar-refractivity contribution is 5.86. The number of pyridine rings is 1. The van der Waals surface area contributed by atoms with Crippen molar-refractivity contribution >= 4 is 5.97 Å². The van der Waals surface area contributed by atoms with E-state index in [1.54, 1.807) is 29.1 Å². The molecule has 0 aliphatic heterocycles. The van der Waals surface area contributed by atoms with Crippen molar-refractivity contribution in [3.8, 4) is 17.3 Å². The standard InChI is InChI=1S/C15H15N5O3/c1-9(2)13-18-14(23-19-13)10-4-5-16-12(6-10)20-7-11(17-8-20)15(21)22-3/h4-9H,1-3H3. The van der Waals surface area contributed by atoms with Gasteiger partial charge in [0.15, 0.2) is 11.5 Å². The molecule has 0 saturated heterocycles. The van der Waals surface area contributed by atoms with E-state index in [1.165, 1.54) is 13.4 Å². The van der Waals surface area contributed by atoms with Gasteiger partial charge in [0, 0.05) is 23.9 Å². The average molecular weight is 313 g/mol. The SMILES string of the molecule is COC(=O)c1cn(-c2cc(-c3nc(C(C)C)no3)ccn2)cn1. The third kappa shape index (κ3) is 2.96. The molecule has 0 aliphatic carbocycles. The zero-order chi connectivity index (χ0) is 16.4. The summed E-state index contributed by atoms with van der Waals surface area (Å²) in [5.74, 6) is 1.33. The number of imidazole rings is 1. The van der Waals surface area contributed by atoms with Gasteiger partial charge in [0.05, 0.1) is 7.11 Å². The van der Waals surface area contributed by atoms with Crippen molar-refractivity contribution in [3.05, 3.63) is 42.4 Å². The molecular weight excluding hydrogens is 298 g/mol. The number of nitrogens with zero attached hydrogens (tertiary/aromatic N) is 5. The third-order valence-electron chi connectivity index (χ3n) is 3.19. The van der Waals surface area contributed by atoms with Crippen LogP contribution in [-0.4, -0.2) is 37.8 Å². The number of esters is 1. The highest BCUT2D eigenvalue weighted by Crippen LogP contribution is 2.21. The summed E-state index contributed by atoms with van der Waals surface area (Å²) in [4.78, 5) is 24.1. The summed E-state index contributed by atoms with van der Waals surface area (Å²) in [6, 6.07) is 3.56. The van der Waals surface area contributed by atoms with Gasteiger partial charge in [-0.15, -0.1) is 0 Å². The first-order chi connectivity index (χ1) is 11.1. The van der Waals surface area contributed by atoms with Gasteiger partial charge in [-0.05, 0) is 12.1 Å². The van der Waals surface area contributed by atoms with Crippen LogP contribution in [0.1, 0.15) is 36.1 Å². The van der Waals surface area contributed by atoms with Crippen LogP contribution in [0.15, 0.2) is 35.4 Å². The monoisotopic (exact) mass is 313 g/mol. The molecule has 23 heavy (non-hydrogen) atoms. The molecule has 8 heteroatoms. The van der Waals surface area contributed by atoms with E-state index >= 15 is 0 Å². The van der Waals surface area contributed by atoms with Crippen LogP contribution in [0, 0.1) is 0 Å². The summed E-state index contributed by atoms with van der Waals surface area (Å²) in [6.45, 7) is 3.99. The zero-order valence-corrected chi connectivity index (χ0v) is 12.9. The summed E-state index contributed by atoms with van der Waals surface area (Å²) in [5.41, 5.74) is 0.947. The topological polar surface area (TPSA) is 95.9 Å². The maximum atomic E-state index is 11.5. The van der Waals surface area contributed by atoms with Crippen molar-refractivity contribution in [1.29, 1.82) is 0 Å². The fraction of sp³-hybridized carbons (Fsp3) is 0.267. The van der Waals surface area contributed by atoms with Crippen molar-refractivity contribution in [2.75, 3.05) is 7.11 Å². The molecular formula is C15H15N5O3. The Bertz CT molecular complexity index is 837. The van der Waals surface area contributed by atoms with Gasteiger partial charge in [-0.2, -0.15) is 4.98 Å². The van der Waals surface area contributed by atoms with Gasteiger partial charge >= 0.3 is 5.97 Å². The van der Waals surface area contributed by atoms with Crippen molar-refractivity contribution in [1.82, 2.24) is 24.7 Å². The maximum Gasteiger partial charge on any atom is 0.358 e. The molecule has 0 saturated carbocycles. The molecule has 0 N–H and O–H groups in total. The minimum atomic E-state index is -0.501. The molecule has 0 amide bonds. The van der Waals surface area contributed by atoms with Crippen molar-refractivity contribution in [2.24, 2.45) is 0 Å². The van der Waals surface area contributed by atoms with Crippen molar-refractivity contribution in [2.45, 2.75) is 19.8 Å². The highest BCUT2D eigenvalue weighted by atomic mass is 16.5. The Morgan fingerprint density at radius 2 is 2.17 bits per heavy atom. The van der Waals surface area contributed by atoms with E-state index in [0.29, 0.717) is 17.5 Å². The molecule has 0 bridgehead atoms. The predicted octanol–water partition coefficient (Wildman–Crippen LogP) is 2.23. The van der Waals surface area contributed by atoms with Gasteiger partial charge in [-0.25, -0.2) is 14.8 Å². The molecule has 0 aromatic carbocycles. The van der Waals surface area contributed by atoms with E-state index in [1.807, 2.05) is 13.8 Å². The van der Waals surface area contributed by atoms with Crippen LogP contribution in [0.25, 0.3) is 17.3 Å². The van der Waals surface area contributed by atoms with Crippen molar-refractivity contribution in [3.63, 3.8) is 0 Å². The maximum absolute atomic E-state index is 11.5. The number of hydrogen-bond acceptors (Lipinski definition) is 7. The molecule has 3 heterocycles. The van der Waals surface area contributed by atoms with Gasteiger partial charge < -0.3 is 9.26 Å². The average Bonchev–Trinajstić information content (AvgIpc) is 3.23. The van der Waals surface area contributed by atoms with Crippen LogP contribution in [-0.2, 0) is 4.74 Å². The van der Waals surface area contributed by atoms with Crippen LogP contribution < -0.4 is 0 Å². The first-order valence-corrected chi connectivity index (χ1v) is 7.01. The Morgan fingerprint density at radius 1 is 1.35 bits per heavy atom. The number of carbonyl (C=O) groups is 1. The van der Waals surface area contributed by atoms with Crippen LogP contribution in [0.2, 0.25) is 0 Å². The summed E-state index contributed by atoms with van der Waals surface area (Å²) >= 11 is 0. The first kappa shape index (κ1) is 14.9. The Hall–Kier alpha value is -3.03. The van der Waals surface area contributed by atoms with Crippen LogP contribution in [0.5, 0.6) is 0 Å². The number of hydrogen-bond donors (Lipinski definition) is 0. The fourth-order valence-corrected chi connectivity index (χ4v) is 1.94. The molecule has 3 rings (SSSR count). The van der Waals surface area contributed by atoms with Crippen LogP contribution >= 0.6 is 0 Å². The lowest BCUT2D eigenvalue weighted by Crippen LogP contribution is -2.01. The van der Waals surface area contributed by atoms with Crippen LogP contribution in [0.4, 0.5) is 0 Å². The summed E-state index contributed by atoms with van der Waals surface area (Å²) in [5, 5.41) is 3.95. The Labute approximate surface area is 132 Å². The molecule has 3 aromatic rings. The molecule has 3 aromatic heterocycles. The van der Waals surface area contributed by atoms with E-state index in [2.05, 4.69) is 24.8 Å². The largest absolute Gasteiger partial charge is 0.464 e.